The zero-order chi connectivity index (χ0) is 18.4. The van der Waals surface area contributed by atoms with E-state index in [9.17, 15) is 22.8 Å². The van der Waals surface area contributed by atoms with Crippen LogP contribution in [0.1, 0.15) is 6.42 Å². The first-order valence-electron chi connectivity index (χ1n) is 7.72. The van der Waals surface area contributed by atoms with E-state index in [1.165, 1.54) is 12.0 Å². The summed E-state index contributed by atoms with van der Waals surface area (Å²) in [6.45, 7) is -0.131. The number of hydrogen-bond donors (Lipinski definition) is 0. The summed E-state index contributed by atoms with van der Waals surface area (Å²) >= 11 is 0. The monoisotopic (exact) mass is 360 g/mol. The van der Waals surface area contributed by atoms with Gasteiger partial charge in [-0.2, -0.15) is 13.2 Å². The van der Waals surface area contributed by atoms with Crippen LogP contribution in [-0.4, -0.2) is 67.7 Å². The molecule has 1 fully saturated rings. The van der Waals surface area contributed by atoms with Crippen molar-refractivity contribution in [2.75, 3.05) is 39.9 Å². The Morgan fingerprint density at radius 1 is 1.04 bits per heavy atom. The van der Waals surface area contributed by atoms with Crippen molar-refractivity contribution in [3.63, 3.8) is 0 Å². The van der Waals surface area contributed by atoms with Crippen LogP contribution in [0.5, 0.6) is 11.5 Å². The number of halogens is 3. The van der Waals surface area contributed by atoms with Crippen molar-refractivity contribution in [1.82, 2.24) is 9.80 Å². The Kier molecular flexibility index (Phi) is 6.11. The lowest BCUT2D eigenvalue weighted by Gasteiger charge is -2.23. The van der Waals surface area contributed by atoms with Crippen LogP contribution in [0.3, 0.4) is 0 Å². The summed E-state index contributed by atoms with van der Waals surface area (Å²) in [6, 6.07) is 6.83. The van der Waals surface area contributed by atoms with Gasteiger partial charge >= 0.3 is 12.1 Å². The van der Waals surface area contributed by atoms with Gasteiger partial charge in [-0.15, -0.1) is 0 Å². The van der Waals surface area contributed by atoms with Crippen LogP contribution >= 0.6 is 0 Å². The van der Waals surface area contributed by atoms with Crippen molar-refractivity contribution in [3.8, 4) is 11.5 Å². The lowest BCUT2D eigenvalue weighted by Crippen LogP contribution is -2.44. The predicted octanol–water partition coefficient (Wildman–Crippen LogP) is 1.70. The number of para-hydroxylation sites is 2. The van der Waals surface area contributed by atoms with Crippen LogP contribution in [0.15, 0.2) is 24.3 Å². The molecule has 0 unspecified atom stereocenters. The van der Waals surface area contributed by atoms with Crippen LogP contribution in [0.2, 0.25) is 0 Å². The fraction of sp³-hybridized carbons (Fsp3) is 0.500. The van der Waals surface area contributed by atoms with Gasteiger partial charge in [-0.05, 0) is 18.6 Å². The van der Waals surface area contributed by atoms with E-state index in [0.29, 0.717) is 11.5 Å². The average Bonchev–Trinajstić information content (AvgIpc) is 2.84. The van der Waals surface area contributed by atoms with Crippen molar-refractivity contribution in [3.05, 3.63) is 24.3 Å². The van der Waals surface area contributed by atoms with E-state index in [-0.39, 0.29) is 45.1 Å². The molecule has 6 nitrogen and oxygen atoms in total. The van der Waals surface area contributed by atoms with Crippen molar-refractivity contribution < 1.29 is 32.2 Å². The molecule has 1 aliphatic heterocycles. The standard InChI is InChI=1S/C16H19F3N2O4/c1-24-12-5-2-3-6-13(12)25-11-14(22)20-7-4-8-21(10-9-20)15(23)16(17,18)19/h2-3,5-6H,4,7-11H2,1H3. The number of methoxy groups -OCH3 is 1. The maximum atomic E-state index is 12.5. The SMILES string of the molecule is COc1ccccc1OCC(=O)N1CCCN(C(=O)C(F)(F)F)CC1. The molecule has 0 aromatic heterocycles. The Hall–Kier alpha value is -2.45. The molecule has 1 heterocycles. The third kappa shape index (κ3) is 5.01. The van der Waals surface area contributed by atoms with Gasteiger partial charge in [0.15, 0.2) is 18.1 Å². The quantitative estimate of drug-likeness (QED) is 0.820. The first-order valence-corrected chi connectivity index (χ1v) is 7.72. The Bertz CT molecular complexity index is 622. The summed E-state index contributed by atoms with van der Waals surface area (Å²) in [5.74, 6) is -1.34. The third-order valence-electron chi connectivity index (χ3n) is 3.80. The molecule has 0 spiro atoms. The Labute approximate surface area is 143 Å². The van der Waals surface area contributed by atoms with Gasteiger partial charge in [-0.1, -0.05) is 12.1 Å². The molecule has 138 valence electrons. The lowest BCUT2D eigenvalue weighted by molar-refractivity contribution is -0.185. The molecule has 0 N–H and O–H groups in total. The second kappa shape index (κ2) is 8.09. The van der Waals surface area contributed by atoms with E-state index >= 15 is 0 Å². The number of benzene rings is 1. The molecule has 1 aliphatic rings. The largest absolute Gasteiger partial charge is 0.493 e. The van der Waals surface area contributed by atoms with Gasteiger partial charge in [0.05, 0.1) is 7.11 Å². The van der Waals surface area contributed by atoms with E-state index in [4.69, 9.17) is 9.47 Å². The van der Waals surface area contributed by atoms with Crippen LogP contribution in [0, 0.1) is 0 Å². The van der Waals surface area contributed by atoms with Crippen LogP contribution < -0.4 is 9.47 Å². The van der Waals surface area contributed by atoms with Crippen molar-refractivity contribution in [2.24, 2.45) is 0 Å². The Morgan fingerprint density at radius 3 is 2.28 bits per heavy atom. The third-order valence-corrected chi connectivity index (χ3v) is 3.80. The fourth-order valence-corrected chi connectivity index (χ4v) is 2.52. The van der Waals surface area contributed by atoms with Gasteiger partial charge in [0.1, 0.15) is 0 Å². The van der Waals surface area contributed by atoms with Gasteiger partial charge in [-0.3, -0.25) is 9.59 Å². The van der Waals surface area contributed by atoms with E-state index < -0.39 is 12.1 Å². The Balaban J connectivity index is 1.89. The van der Waals surface area contributed by atoms with Crippen molar-refractivity contribution >= 4 is 11.8 Å². The molecule has 0 aliphatic carbocycles. The molecule has 25 heavy (non-hydrogen) atoms. The van der Waals surface area contributed by atoms with Gasteiger partial charge < -0.3 is 19.3 Å². The molecule has 0 saturated carbocycles. The molecule has 1 saturated heterocycles. The molecular weight excluding hydrogens is 341 g/mol. The molecule has 2 rings (SSSR count). The van der Waals surface area contributed by atoms with E-state index in [1.807, 2.05) is 0 Å². The highest BCUT2D eigenvalue weighted by Gasteiger charge is 2.42. The number of nitrogens with zero attached hydrogens (tertiary/aromatic N) is 2. The molecule has 0 bridgehead atoms. The van der Waals surface area contributed by atoms with Crippen molar-refractivity contribution in [2.45, 2.75) is 12.6 Å². The number of alkyl halides is 3. The number of carbonyl (C=O) groups is 2. The number of hydrogen-bond acceptors (Lipinski definition) is 4. The summed E-state index contributed by atoms with van der Waals surface area (Å²) < 4.78 is 48.0. The van der Waals surface area contributed by atoms with Gasteiger partial charge in [0, 0.05) is 26.2 Å². The molecule has 9 heteroatoms. The van der Waals surface area contributed by atoms with Crippen LogP contribution in [0.4, 0.5) is 13.2 Å². The molecule has 1 aromatic rings. The fourth-order valence-electron chi connectivity index (χ4n) is 2.52. The summed E-state index contributed by atoms with van der Waals surface area (Å²) in [5, 5.41) is 0. The number of carbonyl (C=O) groups excluding carboxylic acids is 2. The summed E-state index contributed by atoms with van der Waals surface area (Å²) in [6.07, 6.45) is -4.62. The smallest absolute Gasteiger partial charge is 0.471 e. The van der Waals surface area contributed by atoms with Gasteiger partial charge in [0.2, 0.25) is 0 Å². The first-order chi connectivity index (χ1) is 11.8. The highest BCUT2D eigenvalue weighted by atomic mass is 19.4. The zero-order valence-electron chi connectivity index (χ0n) is 13.7. The average molecular weight is 360 g/mol. The first kappa shape index (κ1) is 18.9. The Morgan fingerprint density at radius 2 is 1.64 bits per heavy atom. The molecule has 0 atom stereocenters. The number of rotatable bonds is 4. The topological polar surface area (TPSA) is 59.1 Å². The van der Waals surface area contributed by atoms with Crippen LogP contribution in [0.25, 0.3) is 0 Å². The summed E-state index contributed by atoms with van der Waals surface area (Å²) in [7, 11) is 1.48. The van der Waals surface area contributed by atoms with Crippen molar-refractivity contribution in [1.29, 1.82) is 0 Å². The second-order valence-corrected chi connectivity index (χ2v) is 5.46. The van der Waals surface area contributed by atoms with Gasteiger partial charge in [-0.25, -0.2) is 0 Å². The van der Waals surface area contributed by atoms with E-state index in [0.717, 1.165) is 4.90 Å². The zero-order valence-corrected chi connectivity index (χ0v) is 13.7. The highest BCUT2D eigenvalue weighted by Crippen LogP contribution is 2.25. The number of ether oxygens (including phenoxy) is 2. The normalized spacial score (nSPS) is 15.5. The van der Waals surface area contributed by atoms with Crippen LogP contribution in [-0.2, 0) is 9.59 Å². The predicted molar refractivity (Wildman–Crippen MR) is 82.3 cm³/mol. The molecule has 0 radical (unpaired) electrons. The molecule has 2 amide bonds. The van der Waals surface area contributed by atoms with E-state index in [2.05, 4.69) is 0 Å². The minimum Gasteiger partial charge on any atom is -0.493 e. The maximum Gasteiger partial charge on any atom is 0.471 e. The summed E-state index contributed by atoms with van der Waals surface area (Å²) in [4.78, 5) is 25.7. The molecular formula is C16H19F3N2O4. The van der Waals surface area contributed by atoms with E-state index in [1.54, 1.807) is 24.3 Å². The number of amides is 2. The lowest BCUT2D eigenvalue weighted by atomic mass is 10.3. The van der Waals surface area contributed by atoms with Gasteiger partial charge in [0.25, 0.3) is 5.91 Å². The minimum absolute atomic E-state index is 0.0323. The minimum atomic E-state index is -4.90. The second-order valence-electron chi connectivity index (χ2n) is 5.46. The summed E-state index contributed by atoms with van der Waals surface area (Å²) in [5.41, 5.74) is 0. The maximum absolute atomic E-state index is 12.5. The highest BCUT2D eigenvalue weighted by molar-refractivity contribution is 5.82. The molecule has 1 aromatic carbocycles.